The summed E-state index contributed by atoms with van der Waals surface area (Å²) in [5.74, 6) is 0.254. The van der Waals surface area contributed by atoms with Gasteiger partial charge in [-0.2, -0.15) is 5.10 Å². The molecule has 5 nitrogen and oxygen atoms in total. The number of esters is 1. The summed E-state index contributed by atoms with van der Waals surface area (Å²) in [6.45, 7) is 4.06. The molecule has 0 unspecified atom stereocenters. The van der Waals surface area contributed by atoms with Gasteiger partial charge >= 0.3 is 13.5 Å². The van der Waals surface area contributed by atoms with E-state index in [1.165, 1.54) is 0 Å². The van der Waals surface area contributed by atoms with Gasteiger partial charge in [-0.15, -0.1) is 0 Å². The lowest BCUT2D eigenvalue weighted by Gasteiger charge is -2.00. The molecule has 0 fully saturated rings. The Hall–Kier alpha value is -2.39. The van der Waals surface area contributed by atoms with E-state index in [0.717, 1.165) is 5.56 Å². The molecule has 2 heterocycles. The fourth-order valence-electron chi connectivity index (χ4n) is 1.36. The second-order valence-electron chi connectivity index (χ2n) is 3.81. The van der Waals surface area contributed by atoms with Crippen LogP contribution in [0.1, 0.15) is 23.0 Å². The van der Waals surface area contributed by atoms with Crippen molar-refractivity contribution in [1.82, 2.24) is 14.8 Å². The molecule has 2 aromatic rings. The number of carbonyl (C=O) groups excluding carboxylic acids is 1. The molecule has 22 heavy (non-hydrogen) atoms. The highest BCUT2D eigenvalue weighted by molar-refractivity contribution is 6.33. The van der Waals surface area contributed by atoms with Crippen LogP contribution in [0.2, 0.25) is 0 Å². The Morgan fingerprint density at radius 3 is 2.45 bits per heavy atom. The van der Waals surface area contributed by atoms with Gasteiger partial charge in [-0.1, -0.05) is 6.07 Å². The molecular weight excluding hydrogens is 305 g/mol. The molecule has 0 aromatic carbocycles. The monoisotopic (exact) mass is 318 g/mol. The van der Waals surface area contributed by atoms with Gasteiger partial charge in [-0.25, -0.2) is 14.5 Å². The normalized spacial score (nSPS) is 9.14. The molecule has 0 aliphatic rings. The first-order valence-corrected chi connectivity index (χ1v) is 6.02. The minimum absolute atomic E-state index is 0. The first kappa shape index (κ1) is 19.6. The third-order valence-corrected chi connectivity index (χ3v) is 2.20. The maximum absolute atomic E-state index is 11.4. The lowest BCUT2D eigenvalue weighted by atomic mass is 10.3. The number of hydrogen-bond acceptors (Lipinski definition) is 4. The van der Waals surface area contributed by atoms with E-state index in [2.05, 4.69) is 10.1 Å². The lowest BCUT2D eigenvalue weighted by Crippen LogP contribution is -3.00. The van der Waals surface area contributed by atoms with Crippen LogP contribution >= 0.6 is 0 Å². The Morgan fingerprint density at radius 1 is 1.32 bits per heavy atom. The maximum atomic E-state index is 11.4. The van der Waals surface area contributed by atoms with E-state index in [1.54, 1.807) is 30.1 Å². The van der Waals surface area contributed by atoms with Gasteiger partial charge in [-0.05, 0) is 31.5 Å². The third-order valence-electron chi connectivity index (χ3n) is 2.20. The smallest absolute Gasteiger partial charge is 0.762 e. The van der Waals surface area contributed by atoms with Crippen molar-refractivity contribution in [3.8, 4) is 5.82 Å². The maximum Gasteiger partial charge on any atom is 0.762 e. The van der Waals surface area contributed by atoms with Crippen LogP contribution in [0.4, 0.5) is 12.9 Å². The highest BCUT2D eigenvalue weighted by atomic mass is 19.4. The van der Waals surface area contributed by atoms with E-state index in [9.17, 15) is 17.7 Å². The predicted octanol–water partition coefficient (Wildman–Crippen LogP) is -0.364. The van der Waals surface area contributed by atoms with Crippen LogP contribution in [0, 0.1) is 6.92 Å². The van der Waals surface area contributed by atoms with Crippen molar-refractivity contribution < 1.29 is 27.2 Å². The summed E-state index contributed by atoms with van der Waals surface area (Å²) in [6, 6.07) is 5.39. The van der Waals surface area contributed by atoms with Gasteiger partial charge < -0.3 is 9.44 Å². The quantitative estimate of drug-likeness (QED) is 0.440. The number of ether oxygens (including phenoxy) is 1. The molecule has 0 bridgehead atoms. The van der Waals surface area contributed by atoms with E-state index in [4.69, 9.17) is 4.74 Å². The molecular formula is C12H13BF4N3O2-. The van der Waals surface area contributed by atoms with Crippen LogP contribution in [-0.4, -0.2) is 34.9 Å². The van der Waals surface area contributed by atoms with Gasteiger partial charge in [0.15, 0.2) is 11.5 Å². The molecule has 0 radical (unpaired) electrons. The van der Waals surface area contributed by atoms with Gasteiger partial charge in [0.05, 0.1) is 6.61 Å². The Kier molecular flexibility index (Phi) is 8.50. The summed E-state index contributed by atoms with van der Waals surface area (Å²) in [5.41, 5.74) is 1.36. The van der Waals surface area contributed by atoms with Crippen molar-refractivity contribution in [3.63, 3.8) is 0 Å². The second-order valence-corrected chi connectivity index (χ2v) is 3.81. The average Bonchev–Trinajstić information content (AvgIpc) is 2.89. The fourth-order valence-corrected chi connectivity index (χ4v) is 1.36. The number of pyridine rings is 1. The molecule has 0 aliphatic carbocycles. The summed E-state index contributed by atoms with van der Waals surface area (Å²) in [5, 5.41) is 4.11. The van der Waals surface area contributed by atoms with E-state index in [1.807, 2.05) is 19.1 Å². The van der Waals surface area contributed by atoms with Crippen molar-refractivity contribution in [2.24, 2.45) is 0 Å². The minimum Gasteiger partial charge on any atom is -1.00 e. The van der Waals surface area contributed by atoms with Crippen molar-refractivity contribution in [2.45, 2.75) is 13.8 Å². The predicted molar refractivity (Wildman–Crippen MR) is 71.1 cm³/mol. The summed E-state index contributed by atoms with van der Waals surface area (Å²) >= 11 is 0. The minimum atomic E-state index is -3.67. The Bertz CT molecular complexity index is 575. The van der Waals surface area contributed by atoms with Crippen LogP contribution < -0.4 is 4.70 Å². The zero-order chi connectivity index (χ0) is 15.8. The van der Waals surface area contributed by atoms with E-state index < -0.39 is 13.5 Å². The zero-order valence-electron chi connectivity index (χ0n) is 11.8. The largest absolute Gasteiger partial charge is 1.00 e. The molecule has 10 heteroatoms. The number of carbonyl (C=O) groups is 1. The molecule has 0 atom stereocenters. The van der Waals surface area contributed by atoms with Gasteiger partial charge in [0, 0.05) is 12.4 Å². The molecule has 0 spiro atoms. The Morgan fingerprint density at radius 2 is 1.95 bits per heavy atom. The molecule has 0 saturated heterocycles. The molecule has 0 N–H and O–H groups in total. The molecule has 0 saturated carbocycles. The van der Waals surface area contributed by atoms with Crippen molar-refractivity contribution in [2.75, 3.05) is 6.61 Å². The summed E-state index contributed by atoms with van der Waals surface area (Å²) in [4.78, 5) is 15.6. The summed E-state index contributed by atoms with van der Waals surface area (Å²) < 4.78 is 35.4. The van der Waals surface area contributed by atoms with E-state index in [-0.39, 0.29) is 10.4 Å². The molecule has 2 rings (SSSR count). The number of rotatable bonds is 3. The van der Waals surface area contributed by atoms with Crippen LogP contribution in [-0.2, 0) is 4.74 Å². The van der Waals surface area contributed by atoms with Gasteiger partial charge in [0.25, 0.3) is 0 Å². The standard InChI is InChI=1S/C12H13N3O2.BF3.FH/c1-3-17-12(16)10-6-7-15(14-10)11-5-4-9(2)8-13-11;2-1(3)4;/h4-8H,3H2,1-2H3;;1H/p-1. The van der Waals surface area contributed by atoms with Crippen molar-refractivity contribution in [1.29, 1.82) is 0 Å². The van der Waals surface area contributed by atoms with E-state index >= 15 is 0 Å². The van der Waals surface area contributed by atoms with Crippen LogP contribution in [0.3, 0.4) is 0 Å². The highest BCUT2D eigenvalue weighted by Gasteiger charge is 2.10. The van der Waals surface area contributed by atoms with Crippen molar-refractivity contribution in [3.05, 3.63) is 41.9 Å². The molecule has 120 valence electrons. The van der Waals surface area contributed by atoms with Crippen LogP contribution in [0.25, 0.3) is 5.82 Å². The average molecular weight is 318 g/mol. The Labute approximate surface area is 124 Å². The number of hydrogen-bond donors (Lipinski definition) is 0. The fraction of sp³-hybridized carbons (Fsp3) is 0.250. The van der Waals surface area contributed by atoms with Gasteiger partial charge in [0.2, 0.25) is 0 Å². The SMILES string of the molecule is CCOC(=O)c1ccn(-c2ccc(C)cn2)n1.FB(F)F.[F-]. The Balaban J connectivity index is 0.000000791. The highest BCUT2D eigenvalue weighted by Crippen LogP contribution is 2.06. The second kappa shape index (κ2) is 9.53. The molecule has 2 aromatic heterocycles. The van der Waals surface area contributed by atoms with Gasteiger partial charge in [-0.3, -0.25) is 12.9 Å². The topological polar surface area (TPSA) is 57.0 Å². The number of nitrogens with zero attached hydrogens (tertiary/aromatic N) is 3. The third kappa shape index (κ3) is 6.38. The molecule has 0 aliphatic heterocycles. The number of halogens is 4. The molecule has 0 amide bonds. The lowest BCUT2D eigenvalue weighted by molar-refractivity contribution is -0.0000252. The number of aryl methyl sites for hydroxylation is 1. The first-order chi connectivity index (χ1) is 9.93. The van der Waals surface area contributed by atoms with Gasteiger partial charge in [0.1, 0.15) is 0 Å². The van der Waals surface area contributed by atoms with Crippen LogP contribution in [0.5, 0.6) is 0 Å². The summed E-state index contributed by atoms with van der Waals surface area (Å²) in [6.07, 6.45) is 3.44. The summed E-state index contributed by atoms with van der Waals surface area (Å²) in [7, 11) is -3.67. The number of aromatic nitrogens is 3. The van der Waals surface area contributed by atoms with Crippen molar-refractivity contribution >= 4 is 13.5 Å². The van der Waals surface area contributed by atoms with Crippen LogP contribution in [0.15, 0.2) is 30.6 Å². The first-order valence-electron chi connectivity index (χ1n) is 6.02. The zero-order valence-corrected chi connectivity index (χ0v) is 11.8. The van der Waals surface area contributed by atoms with E-state index in [0.29, 0.717) is 12.4 Å².